The van der Waals surface area contributed by atoms with Crippen LogP contribution in [0.3, 0.4) is 0 Å². The molecule has 158 valence electrons. The Balaban J connectivity index is 1.39. The molecule has 1 aromatic rings. The Morgan fingerprint density at radius 2 is 1.86 bits per heavy atom. The van der Waals surface area contributed by atoms with E-state index in [0.717, 1.165) is 29.9 Å². The molecule has 9 heteroatoms. The highest BCUT2D eigenvalue weighted by Crippen LogP contribution is 2.24. The minimum atomic E-state index is -4.74. The van der Waals surface area contributed by atoms with Gasteiger partial charge in [-0.2, -0.15) is 0 Å². The number of nitrogens with zero attached hydrogens (tertiary/aromatic N) is 1. The molecule has 2 amide bonds. The van der Waals surface area contributed by atoms with Crippen molar-refractivity contribution < 1.29 is 32.4 Å². The molecule has 1 aromatic carbocycles. The number of rotatable bonds is 6. The molecule has 0 unspecified atom stereocenters. The molecular weight excluding hydrogens is 387 g/mol. The number of ether oxygens (including phenoxy) is 1. The fourth-order valence-corrected chi connectivity index (χ4v) is 3.64. The second-order valence-electron chi connectivity index (χ2n) is 7.40. The van der Waals surface area contributed by atoms with E-state index in [4.69, 9.17) is 0 Å². The van der Waals surface area contributed by atoms with Crippen molar-refractivity contribution in [3.8, 4) is 5.75 Å². The van der Waals surface area contributed by atoms with Crippen LogP contribution in [0.15, 0.2) is 36.4 Å². The van der Waals surface area contributed by atoms with Crippen molar-refractivity contribution in [2.24, 2.45) is 5.92 Å². The van der Waals surface area contributed by atoms with E-state index in [-0.39, 0.29) is 24.1 Å². The van der Waals surface area contributed by atoms with E-state index in [9.17, 15) is 22.8 Å². The number of carbonyl (C=O) groups is 2. The number of allylic oxidation sites excluding steroid dienone is 2. The van der Waals surface area contributed by atoms with Crippen LogP contribution in [-0.2, 0) is 9.59 Å². The van der Waals surface area contributed by atoms with Crippen molar-refractivity contribution >= 4 is 17.5 Å². The number of benzene rings is 1. The Morgan fingerprint density at radius 1 is 1.17 bits per heavy atom. The van der Waals surface area contributed by atoms with E-state index in [1.807, 2.05) is 4.90 Å². The Labute approximate surface area is 167 Å². The van der Waals surface area contributed by atoms with Crippen molar-refractivity contribution in [1.29, 1.82) is 0 Å². The summed E-state index contributed by atoms with van der Waals surface area (Å²) >= 11 is 0. The molecule has 0 aromatic heterocycles. The molecule has 1 heterocycles. The van der Waals surface area contributed by atoms with Crippen LogP contribution in [0.2, 0.25) is 0 Å². The summed E-state index contributed by atoms with van der Waals surface area (Å²) in [6, 6.07) is 5.03. The lowest BCUT2D eigenvalue weighted by Crippen LogP contribution is -3.15. The highest BCUT2D eigenvalue weighted by atomic mass is 19.4. The van der Waals surface area contributed by atoms with Gasteiger partial charge in [0.2, 0.25) is 5.91 Å². The predicted molar refractivity (Wildman–Crippen MR) is 100 cm³/mol. The lowest BCUT2D eigenvalue weighted by atomic mass is 10.0. The third-order valence-electron chi connectivity index (χ3n) is 5.15. The Bertz CT molecular complexity index is 742. The van der Waals surface area contributed by atoms with E-state index < -0.39 is 6.36 Å². The summed E-state index contributed by atoms with van der Waals surface area (Å²) in [5.74, 6) is -0.0341. The number of nitrogens with one attached hydrogen (secondary N) is 2. The molecule has 0 saturated carbocycles. The summed E-state index contributed by atoms with van der Waals surface area (Å²) in [7, 11) is 0. The smallest absolute Gasteiger partial charge is 0.406 e. The van der Waals surface area contributed by atoms with Gasteiger partial charge >= 0.3 is 6.36 Å². The standard InChI is InChI=1S/C20H24F3N3O3/c21-20(22,23)29-17-7-5-16(6-8-17)24-18(27)14-25-9-11-26(12-10-25)19(28)13-15-3-1-2-4-15/h1,3,5-8,15H,2,4,9-14H2,(H,24,27)/p+1/t15-/m1/s1. The summed E-state index contributed by atoms with van der Waals surface area (Å²) in [6.07, 6.45) is 2.14. The third-order valence-corrected chi connectivity index (χ3v) is 5.15. The minimum Gasteiger partial charge on any atom is -0.406 e. The molecule has 29 heavy (non-hydrogen) atoms. The quantitative estimate of drug-likeness (QED) is 0.698. The largest absolute Gasteiger partial charge is 0.573 e. The van der Waals surface area contributed by atoms with Gasteiger partial charge in [-0.15, -0.1) is 13.2 Å². The molecule has 6 nitrogen and oxygen atoms in total. The van der Waals surface area contributed by atoms with Crippen molar-refractivity contribution in [3.63, 3.8) is 0 Å². The average molecular weight is 412 g/mol. The molecule has 1 atom stereocenters. The van der Waals surface area contributed by atoms with Crippen molar-refractivity contribution in [2.45, 2.75) is 25.6 Å². The Morgan fingerprint density at radius 3 is 2.45 bits per heavy atom. The first-order chi connectivity index (χ1) is 13.8. The fourth-order valence-electron chi connectivity index (χ4n) is 3.64. The number of amides is 2. The van der Waals surface area contributed by atoms with E-state index >= 15 is 0 Å². The number of alkyl halides is 3. The van der Waals surface area contributed by atoms with Crippen LogP contribution in [0.4, 0.5) is 18.9 Å². The maximum atomic E-state index is 12.4. The molecule has 2 N–H and O–H groups in total. The lowest BCUT2D eigenvalue weighted by molar-refractivity contribution is -0.895. The Hall–Kier alpha value is -2.55. The predicted octanol–water partition coefficient (Wildman–Crippen LogP) is 1.61. The second kappa shape index (κ2) is 9.30. The minimum absolute atomic E-state index is 0.172. The van der Waals surface area contributed by atoms with Crippen LogP contribution >= 0.6 is 0 Å². The number of hydrogen-bond donors (Lipinski definition) is 2. The maximum absolute atomic E-state index is 12.4. The monoisotopic (exact) mass is 412 g/mol. The van der Waals surface area contributed by atoms with Crippen LogP contribution in [0, 0.1) is 5.92 Å². The van der Waals surface area contributed by atoms with Gasteiger partial charge in [0.05, 0.1) is 26.2 Å². The topological polar surface area (TPSA) is 63.1 Å². The zero-order valence-corrected chi connectivity index (χ0v) is 16.0. The molecule has 0 spiro atoms. The van der Waals surface area contributed by atoms with Crippen molar-refractivity contribution in [2.75, 3.05) is 38.0 Å². The average Bonchev–Trinajstić information content (AvgIpc) is 3.15. The second-order valence-corrected chi connectivity index (χ2v) is 7.40. The SMILES string of the molecule is O=C(C[NH+]1CCN(C(=O)C[C@@H]2C=CCC2)CC1)Nc1ccc(OC(F)(F)F)cc1. The summed E-state index contributed by atoms with van der Waals surface area (Å²) < 4.78 is 40.3. The van der Waals surface area contributed by atoms with Gasteiger partial charge in [0.25, 0.3) is 5.91 Å². The van der Waals surface area contributed by atoms with Gasteiger partial charge < -0.3 is 19.9 Å². The highest BCUT2D eigenvalue weighted by molar-refractivity contribution is 5.91. The van der Waals surface area contributed by atoms with Gasteiger partial charge in [0.15, 0.2) is 6.54 Å². The van der Waals surface area contributed by atoms with Crippen LogP contribution in [0.25, 0.3) is 0 Å². The molecule has 1 fully saturated rings. The van der Waals surface area contributed by atoms with Gasteiger partial charge in [-0.3, -0.25) is 9.59 Å². The first kappa shape index (κ1) is 21.2. The summed E-state index contributed by atoms with van der Waals surface area (Å²) in [5.41, 5.74) is 0.405. The number of halogens is 3. The molecule has 0 bridgehead atoms. The number of quaternary nitrogens is 1. The van der Waals surface area contributed by atoms with Gasteiger partial charge in [0, 0.05) is 12.1 Å². The molecule has 1 aliphatic carbocycles. The van der Waals surface area contributed by atoms with Crippen LogP contribution in [-0.4, -0.2) is 55.8 Å². The van der Waals surface area contributed by atoms with E-state index in [1.165, 1.54) is 12.1 Å². The Kier molecular flexibility index (Phi) is 6.79. The summed E-state index contributed by atoms with van der Waals surface area (Å²) in [5, 5.41) is 2.68. The van der Waals surface area contributed by atoms with E-state index in [0.29, 0.717) is 44.2 Å². The zero-order valence-electron chi connectivity index (χ0n) is 16.0. The number of piperazine rings is 1. The molecule has 1 aliphatic heterocycles. The number of anilines is 1. The highest BCUT2D eigenvalue weighted by Gasteiger charge is 2.31. The van der Waals surface area contributed by atoms with Crippen molar-refractivity contribution in [3.05, 3.63) is 36.4 Å². The lowest BCUT2D eigenvalue weighted by Gasteiger charge is -2.32. The van der Waals surface area contributed by atoms with Crippen LogP contribution in [0.5, 0.6) is 5.75 Å². The molecule has 1 saturated heterocycles. The molecule has 3 rings (SSSR count). The number of carbonyl (C=O) groups excluding carboxylic acids is 2. The first-order valence-electron chi connectivity index (χ1n) is 9.72. The normalized spacial score (nSPS) is 20.0. The van der Waals surface area contributed by atoms with E-state index in [1.54, 1.807) is 0 Å². The number of hydrogen-bond acceptors (Lipinski definition) is 3. The molecular formula is C20H25F3N3O3+. The van der Waals surface area contributed by atoms with Gasteiger partial charge in [0.1, 0.15) is 5.75 Å². The van der Waals surface area contributed by atoms with Crippen molar-refractivity contribution in [1.82, 2.24) is 4.90 Å². The summed E-state index contributed by atoms with van der Waals surface area (Å²) in [6.45, 7) is 2.88. The van der Waals surface area contributed by atoms with Gasteiger partial charge in [-0.1, -0.05) is 12.2 Å². The molecule has 2 aliphatic rings. The summed E-state index contributed by atoms with van der Waals surface area (Å²) in [4.78, 5) is 27.5. The maximum Gasteiger partial charge on any atom is 0.573 e. The van der Waals surface area contributed by atoms with Crippen LogP contribution < -0.4 is 15.0 Å². The fraction of sp³-hybridized carbons (Fsp3) is 0.500. The molecule has 0 radical (unpaired) electrons. The zero-order chi connectivity index (χ0) is 20.9. The van der Waals surface area contributed by atoms with Gasteiger partial charge in [-0.25, -0.2) is 0 Å². The van der Waals surface area contributed by atoms with Crippen LogP contribution in [0.1, 0.15) is 19.3 Å². The first-order valence-corrected chi connectivity index (χ1v) is 9.72. The third kappa shape index (κ3) is 6.77. The van der Waals surface area contributed by atoms with Gasteiger partial charge in [-0.05, 0) is 43.0 Å². The van der Waals surface area contributed by atoms with E-state index in [2.05, 4.69) is 22.2 Å².